The van der Waals surface area contributed by atoms with Crippen molar-refractivity contribution in [2.45, 2.75) is 11.4 Å². The van der Waals surface area contributed by atoms with E-state index in [1.807, 2.05) is 0 Å². The molecule has 0 aliphatic rings. The summed E-state index contributed by atoms with van der Waals surface area (Å²) in [5.74, 6) is -2.77. The van der Waals surface area contributed by atoms with Gasteiger partial charge in [0.25, 0.3) is 0 Å². The third-order valence-corrected chi connectivity index (χ3v) is 4.38. The number of sulfonamides is 1. The van der Waals surface area contributed by atoms with Gasteiger partial charge in [0.05, 0.1) is 6.54 Å². The monoisotopic (exact) mass is 305 g/mol. The Labute approximate surface area is 112 Å². The summed E-state index contributed by atoms with van der Waals surface area (Å²) in [6, 6.07) is 1.58. The number of nitrogen functional groups attached to an aromatic ring is 1. The molecule has 0 aliphatic heterocycles. The molecule has 0 saturated carbocycles. The zero-order chi connectivity index (χ0) is 14.0. The molecule has 0 atom stereocenters. The number of nitrogens with zero attached hydrogens (tertiary/aromatic N) is 1. The molecule has 1 aromatic heterocycles. The van der Waals surface area contributed by atoms with Crippen LogP contribution in [-0.2, 0) is 16.6 Å². The summed E-state index contributed by atoms with van der Waals surface area (Å²) < 4.78 is 52.5. The Morgan fingerprint density at radius 1 is 1.37 bits per heavy atom. The van der Waals surface area contributed by atoms with E-state index in [1.54, 1.807) is 5.38 Å². The molecular formula is C10H9F2N3O2S2. The van der Waals surface area contributed by atoms with Crippen molar-refractivity contribution >= 4 is 27.0 Å². The van der Waals surface area contributed by atoms with Crippen LogP contribution in [0.15, 0.2) is 28.6 Å². The Morgan fingerprint density at radius 3 is 2.74 bits per heavy atom. The Balaban J connectivity index is 2.29. The molecule has 0 radical (unpaired) electrons. The highest BCUT2D eigenvalue weighted by atomic mass is 32.2. The number of thiazole rings is 1. The summed E-state index contributed by atoms with van der Waals surface area (Å²) >= 11 is 1.24. The molecule has 0 fully saturated rings. The molecule has 0 unspecified atom stereocenters. The summed E-state index contributed by atoms with van der Waals surface area (Å²) in [6.07, 6.45) is 1.51. The molecule has 2 aromatic rings. The van der Waals surface area contributed by atoms with Gasteiger partial charge in [0.15, 0.2) is 11.6 Å². The number of hydrogen-bond acceptors (Lipinski definition) is 5. The van der Waals surface area contributed by atoms with E-state index in [9.17, 15) is 17.2 Å². The molecular weight excluding hydrogens is 296 g/mol. The number of hydrogen-bond donors (Lipinski definition) is 2. The lowest BCUT2D eigenvalue weighted by atomic mass is 10.3. The van der Waals surface area contributed by atoms with E-state index in [1.165, 1.54) is 17.5 Å². The van der Waals surface area contributed by atoms with E-state index in [0.717, 1.165) is 12.1 Å². The summed E-state index contributed by atoms with van der Waals surface area (Å²) in [5.41, 5.74) is 5.13. The molecule has 102 valence electrons. The van der Waals surface area contributed by atoms with Crippen LogP contribution in [-0.4, -0.2) is 13.4 Å². The topological polar surface area (TPSA) is 85.1 Å². The number of benzene rings is 1. The fourth-order valence-electron chi connectivity index (χ4n) is 1.35. The molecule has 0 saturated heterocycles. The summed E-state index contributed by atoms with van der Waals surface area (Å²) in [7, 11) is -4.19. The van der Waals surface area contributed by atoms with Crippen molar-refractivity contribution in [3.05, 3.63) is 40.4 Å². The maximum Gasteiger partial charge on any atom is 0.244 e. The van der Waals surface area contributed by atoms with E-state index in [-0.39, 0.29) is 12.2 Å². The van der Waals surface area contributed by atoms with Crippen LogP contribution in [0.1, 0.15) is 5.01 Å². The van der Waals surface area contributed by atoms with Crippen molar-refractivity contribution in [3.63, 3.8) is 0 Å². The van der Waals surface area contributed by atoms with E-state index >= 15 is 0 Å². The number of aromatic nitrogens is 1. The fraction of sp³-hybridized carbons (Fsp3) is 0.100. The number of nitrogens with one attached hydrogen (secondary N) is 1. The van der Waals surface area contributed by atoms with Gasteiger partial charge in [-0.25, -0.2) is 26.9 Å². The van der Waals surface area contributed by atoms with Crippen molar-refractivity contribution in [1.82, 2.24) is 9.71 Å². The number of anilines is 1. The second kappa shape index (κ2) is 5.19. The van der Waals surface area contributed by atoms with Gasteiger partial charge in [0.1, 0.15) is 9.90 Å². The second-order valence-electron chi connectivity index (χ2n) is 3.57. The zero-order valence-corrected chi connectivity index (χ0v) is 11.1. The van der Waals surface area contributed by atoms with E-state index < -0.39 is 26.6 Å². The lowest BCUT2D eigenvalue weighted by Gasteiger charge is -2.08. The van der Waals surface area contributed by atoms with Gasteiger partial charge >= 0.3 is 0 Å². The lowest BCUT2D eigenvalue weighted by Crippen LogP contribution is -2.24. The minimum atomic E-state index is -4.19. The predicted molar refractivity (Wildman–Crippen MR) is 66.9 cm³/mol. The fourth-order valence-corrected chi connectivity index (χ4v) is 3.11. The van der Waals surface area contributed by atoms with Gasteiger partial charge in [-0.3, -0.25) is 0 Å². The molecule has 3 N–H and O–H groups in total. The average molecular weight is 305 g/mol. The van der Waals surface area contributed by atoms with Gasteiger partial charge in [-0.2, -0.15) is 0 Å². The minimum Gasteiger partial charge on any atom is -0.399 e. The predicted octanol–water partition coefficient (Wildman–Crippen LogP) is 1.48. The van der Waals surface area contributed by atoms with Gasteiger partial charge in [0.2, 0.25) is 10.0 Å². The van der Waals surface area contributed by atoms with Crippen LogP contribution < -0.4 is 10.5 Å². The number of halogens is 2. The van der Waals surface area contributed by atoms with Gasteiger partial charge < -0.3 is 5.73 Å². The first kappa shape index (κ1) is 13.8. The minimum absolute atomic E-state index is 0.101. The van der Waals surface area contributed by atoms with Crippen LogP contribution in [0.5, 0.6) is 0 Å². The van der Waals surface area contributed by atoms with Gasteiger partial charge in [-0.05, 0) is 12.1 Å². The normalized spacial score (nSPS) is 11.7. The van der Waals surface area contributed by atoms with Crippen molar-refractivity contribution < 1.29 is 17.2 Å². The molecule has 0 bridgehead atoms. The number of nitrogens with two attached hydrogens (primary N) is 1. The van der Waals surface area contributed by atoms with E-state index in [4.69, 9.17) is 5.73 Å². The highest BCUT2D eigenvalue weighted by Crippen LogP contribution is 2.21. The summed E-state index contributed by atoms with van der Waals surface area (Å²) in [6.45, 7) is -0.101. The average Bonchev–Trinajstić information content (AvgIpc) is 2.84. The van der Waals surface area contributed by atoms with Crippen LogP contribution >= 0.6 is 11.3 Å². The third-order valence-electron chi connectivity index (χ3n) is 2.20. The third kappa shape index (κ3) is 3.06. The Hall–Kier alpha value is -1.58. The highest BCUT2D eigenvalue weighted by Gasteiger charge is 2.22. The first-order chi connectivity index (χ1) is 8.90. The number of rotatable bonds is 4. The first-order valence-corrected chi connectivity index (χ1v) is 7.39. The molecule has 2 rings (SSSR count). The maximum atomic E-state index is 13.5. The Kier molecular flexibility index (Phi) is 3.78. The quantitative estimate of drug-likeness (QED) is 0.838. The zero-order valence-electron chi connectivity index (χ0n) is 9.43. The van der Waals surface area contributed by atoms with Crippen molar-refractivity contribution in [3.8, 4) is 0 Å². The van der Waals surface area contributed by atoms with E-state index in [0.29, 0.717) is 5.01 Å². The molecule has 0 aliphatic carbocycles. The van der Waals surface area contributed by atoms with Crippen molar-refractivity contribution in [2.75, 3.05) is 5.73 Å². The van der Waals surface area contributed by atoms with Crippen molar-refractivity contribution in [2.24, 2.45) is 0 Å². The SMILES string of the molecule is Nc1cc(F)c(F)c(S(=O)(=O)NCc2nccs2)c1. The Morgan fingerprint density at radius 2 is 2.11 bits per heavy atom. The van der Waals surface area contributed by atoms with Crippen LogP contribution in [0, 0.1) is 11.6 Å². The molecule has 9 heteroatoms. The van der Waals surface area contributed by atoms with Gasteiger partial charge in [-0.1, -0.05) is 0 Å². The van der Waals surface area contributed by atoms with E-state index in [2.05, 4.69) is 9.71 Å². The standard InChI is InChI=1S/C10H9F2N3O2S2/c11-7-3-6(13)4-8(10(7)12)19(16,17)15-5-9-14-1-2-18-9/h1-4,15H,5,13H2. The maximum absolute atomic E-state index is 13.5. The lowest BCUT2D eigenvalue weighted by molar-refractivity contribution is 0.483. The smallest absolute Gasteiger partial charge is 0.244 e. The van der Waals surface area contributed by atoms with Crippen molar-refractivity contribution in [1.29, 1.82) is 0 Å². The molecule has 1 aromatic carbocycles. The second-order valence-corrected chi connectivity index (χ2v) is 6.28. The van der Waals surface area contributed by atoms with Crippen LogP contribution in [0.4, 0.5) is 14.5 Å². The highest BCUT2D eigenvalue weighted by molar-refractivity contribution is 7.89. The largest absolute Gasteiger partial charge is 0.399 e. The molecule has 1 heterocycles. The molecule has 19 heavy (non-hydrogen) atoms. The van der Waals surface area contributed by atoms with Crippen LogP contribution in [0.25, 0.3) is 0 Å². The first-order valence-electron chi connectivity index (χ1n) is 5.02. The van der Waals surface area contributed by atoms with Crippen LogP contribution in [0.3, 0.4) is 0 Å². The summed E-state index contributed by atoms with van der Waals surface area (Å²) in [5, 5.41) is 2.18. The van der Waals surface area contributed by atoms with Crippen LogP contribution in [0.2, 0.25) is 0 Å². The Bertz CT molecular complexity index is 687. The molecule has 5 nitrogen and oxygen atoms in total. The summed E-state index contributed by atoms with van der Waals surface area (Å²) in [4.78, 5) is 3.05. The van der Waals surface area contributed by atoms with Gasteiger partial charge in [-0.15, -0.1) is 11.3 Å². The molecule has 0 spiro atoms. The molecule has 0 amide bonds. The van der Waals surface area contributed by atoms with Gasteiger partial charge in [0, 0.05) is 17.3 Å².